The number of nitrogens with zero attached hydrogens (tertiary/aromatic N) is 2. The van der Waals surface area contributed by atoms with E-state index in [1.54, 1.807) is 0 Å². The predicted molar refractivity (Wildman–Crippen MR) is 95.7 cm³/mol. The molecule has 1 saturated heterocycles. The molecule has 0 amide bonds. The molecule has 1 aromatic heterocycles. The van der Waals surface area contributed by atoms with Gasteiger partial charge in [-0.3, -0.25) is 9.88 Å². The third-order valence-electron chi connectivity index (χ3n) is 4.49. The molecule has 3 rings (SSSR count). The summed E-state index contributed by atoms with van der Waals surface area (Å²) in [6.45, 7) is 5.39. The van der Waals surface area contributed by atoms with Crippen molar-refractivity contribution in [2.24, 2.45) is 0 Å². The smallest absolute Gasteiger partial charge is 0.0705 e. The zero-order valence-corrected chi connectivity index (χ0v) is 14.3. The zero-order chi connectivity index (χ0) is 14.7. The van der Waals surface area contributed by atoms with Crippen LogP contribution in [0, 0.1) is 6.92 Å². The van der Waals surface area contributed by atoms with Crippen molar-refractivity contribution in [1.29, 1.82) is 0 Å². The van der Waals surface area contributed by atoms with Gasteiger partial charge < -0.3 is 5.32 Å². The van der Waals surface area contributed by atoms with Gasteiger partial charge in [-0.25, -0.2) is 0 Å². The molecule has 4 heteroatoms. The summed E-state index contributed by atoms with van der Waals surface area (Å²) >= 11 is 0. The second-order valence-electron chi connectivity index (χ2n) is 6.23. The minimum absolute atomic E-state index is 0. The van der Waals surface area contributed by atoms with Crippen LogP contribution in [0.15, 0.2) is 30.3 Å². The van der Waals surface area contributed by atoms with Gasteiger partial charge in [-0.05, 0) is 70.1 Å². The van der Waals surface area contributed by atoms with Crippen molar-refractivity contribution in [2.45, 2.75) is 38.8 Å². The van der Waals surface area contributed by atoms with Gasteiger partial charge in [0.15, 0.2) is 0 Å². The van der Waals surface area contributed by atoms with Gasteiger partial charge >= 0.3 is 0 Å². The first-order chi connectivity index (χ1) is 10.2. The number of aromatic nitrogens is 1. The molecule has 0 bridgehead atoms. The van der Waals surface area contributed by atoms with Crippen LogP contribution in [0.5, 0.6) is 0 Å². The Morgan fingerprint density at radius 3 is 2.91 bits per heavy atom. The van der Waals surface area contributed by atoms with Crippen molar-refractivity contribution in [3.05, 3.63) is 41.6 Å². The van der Waals surface area contributed by atoms with E-state index in [4.69, 9.17) is 0 Å². The van der Waals surface area contributed by atoms with Gasteiger partial charge in [0.25, 0.3) is 0 Å². The normalized spacial score (nSPS) is 19.0. The molecule has 1 aliphatic rings. The van der Waals surface area contributed by atoms with E-state index in [1.165, 1.54) is 36.8 Å². The van der Waals surface area contributed by atoms with E-state index in [1.807, 2.05) is 6.92 Å². The van der Waals surface area contributed by atoms with Crippen molar-refractivity contribution in [3.63, 3.8) is 0 Å². The maximum Gasteiger partial charge on any atom is 0.0705 e. The highest BCUT2D eigenvalue weighted by atomic mass is 35.5. The molecule has 1 N–H and O–H groups in total. The second kappa shape index (κ2) is 7.91. The van der Waals surface area contributed by atoms with Gasteiger partial charge in [0.05, 0.1) is 5.52 Å². The quantitative estimate of drug-likeness (QED) is 0.938. The number of benzene rings is 1. The Labute approximate surface area is 139 Å². The lowest BCUT2D eigenvalue weighted by Crippen LogP contribution is -2.31. The van der Waals surface area contributed by atoms with Crippen molar-refractivity contribution in [1.82, 2.24) is 15.2 Å². The average molecular weight is 320 g/mol. The number of nitrogens with one attached hydrogen (secondary N) is 1. The molecular weight excluding hydrogens is 294 g/mol. The maximum atomic E-state index is 4.58. The van der Waals surface area contributed by atoms with Crippen LogP contribution in [0.4, 0.5) is 0 Å². The van der Waals surface area contributed by atoms with Gasteiger partial charge in [0.2, 0.25) is 0 Å². The Morgan fingerprint density at radius 1 is 1.18 bits per heavy atom. The molecule has 2 aromatic rings. The van der Waals surface area contributed by atoms with Crippen LogP contribution in [0.2, 0.25) is 0 Å². The third-order valence-corrected chi connectivity index (χ3v) is 4.49. The van der Waals surface area contributed by atoms with Crippen LogP contribution < -0.4 is 5.32 Å². The number of pyridine rings is 1. The molecule has 2 heterocycles. The highest BCUT2D eigenvalue weighted by Gasteiger charge is 2.16. The first-order valence-electron chi connectivity index (χ1n) is 7.99. The summed E-state index contributed by atoms with van der Waals surface area (Å²) in [6, 6.07) is 11.6. The van der Waals surface area contributed by atoms with Crippen LogP contribution >= 0.6 is 12.4 Å². The molecule has 1 atom stereocenters. The SMILES string of the molecule is Cc1ccc2cc(CN(C)C3CCCNCC3)ccc2n1.Cl. The van der Waals surface area contributed by atoms with Crippen LogP contribution in [-0.2, 0) is 6.54 Å². The molecule has 1 fully saturated rings. The molecule has 0 radical (unpaired) electrons. The van der Waals surface area contributed by atoms with E-state index in [-0.39, 0.29) is 12.4 Å². The fourth-order valence-corrected chi connectivity index (χ4v) is 3.23. The summed E-state index contributed by atoms with van der Waals surface area (Å²) in [7, 11) is 2.26. The second-order valence-corrected chi connectivity index (χ2v) is 6.23. The van der Waals surface area contributed by atoms with E-state index in [0.717, 1.165) is 24.3 Å². The van der Waals surface area contributed by atoms with E-state index >= 15 is 0 Å². The predicted octanol–water partition coefficient (Wildman–Crippen LogP) is 3.54. The summed E-state index contributed by atoms with van der Waals surface area (Å²) in [5.41, 5.74) is 3.56. The first kappa shape index (κ1) is 17.2. The highest BCUT2D eigenvalue weighted by Crippen LogP contribution is 2.18. The van der Waals surface area contributed by atoms with Gasteiger partial charge in [-0.1, -0.05) is 12.1 Å². The summed E-state index contributed by atoms with van der Waals surface area (Å²) in [5.74, 6) is 0. The summed E-state index contributed by atoms with van der Waals surface area (Å²) in [4.78, 5) is 7.09. The molecule has 0 aliphatic carbocycles. The highest BCUT2D eigenvalue weighted by molar-refractivity contribution is 5.85. The van der Waals surface area contributed by atoms with Gasteiger partial charge in [-0.2, -0.15) is 0 Å². The van der Waals surface area contributed by atoms with E-state index in [9.17, 15) is 0 Å². The van der Waals surface area contributed by atoms with Crippen LogP contribution in [0.3, 0.4) is 0 Å². The molecule has 0 saturated carbocycles. The lowest BCUT2D eigenvalue weighted by atomic mass is 10.1. The van der Waals surface area contributed by atoms with Crippen LogP contribution in [0.1, 0.15) is 30.5 Å². The summed E-state index contributed by atoms with van der Waals surface area (Å²) in [6.07, 6.45) is 3.85. The van der Waals surface area contributed by atoms with Crippen molar-refractivity contribution in [3.8, 4) is 0 Å². The average Bonchev–Trinajstić information content (AvgIpc) is 2.76. The number of aryl methyl sites for hydroxylation is 1. The van der Waals surface area contributed by atoms with Crippen molar-refractivity contribution < 1.29 is 0 Å². The fraction of sp³-hybridized carbons (Fsp3) is 0.500. The first-order valence-corrected chi connectivity index (χ1v) is 7.99. The third kappa shape index (κ3) is 4.19. The molecule has 0 spiro atoms. The molecule has 22 heavy (non-hydrogen) atoms. The summed E-state index contributed by atoms with van der Waals surface area (Å²) < 4.78 is 0. The number of hydrogen-bond acceptors (Lipinski definition) is 3. The minimum Gasteiger partial charge on any atom is -0.317 e. The monoisotopic (exact) mass is 319 g/mol. The molecule has 1 unspecified atom stereocenters. The fourth-order valence-electron chi connectivity index (χ4n) is 3.23. The van der Waals surface area contributed by atoms with Gasteiger partial charge in [0.1, 0.15) is 0 Å². The zero-order valence-electron chi connectivity index (χ0n) is 13.5. The van der Waals surface area contributed by atoms with Crippen molar-refractivity contribution >= 4 is 23.3 Å². The lowest BCUT2D eigenvalue weighted by Gasteiger charge is -2.27. The van der Waals surface area contributed by atoms with E-state index < -0.39 is 0 Å². The lowest BCUT2D eigenvalue weighted by molar-refractivity contribution is 0.216. The Morgan fingerprint density at radius 2 is 2.05 bits per heavy atom. The maximum absolute atomic E-state index is 4.58. The Kier molecular flexibility index (Phi) is 6.18. The molecular formula is C18H26ClN3. The standard InChI is InChI=1S/C18H25N3.ClH/c1-14-5-7-16-12-15(6-8-18(16)20-14)13-21(2)17-4-3-10-19-11-9-17;/h5-8,12,17,19H,3-4,9-11,13H2,1-2H3;1H. The molecule has 3 nitrogen and oxygen atoms in total. The Bertz CT molecular complexity index is 606. The molecule has 1 aliphatic heterocycles. The van der Waals surface area contributed by atoms with Crippen LogP contribution in [0.25, 0.3) is 10.9 Å². The van der Waals surface area contributed by atoms with Crippen molar-refractivity contribution in [2.75, 3.05) is 20.1 Å². The Balaban J connectivity index is 0.00000176. The number of rotatable bonds is 3. The number of halogens is 1. The van der Waals surface area contributed by atoms with Gasteiger partial charge in [0, 0.05) is 23.7 Å². The largest absolute Gasteiger partial charge is 0.317 e. The van der Waals surface area contributed by atoms with Crippen LogP contribution in [-0.4, -0.2) is 36.1 Å². The number of hydrogen-bond donors (Lipinski definition) is 1. The Hall–Kier alpha value is -1.16. The van der Waals surface area contributed by atoms with Gasteiger partial charge in [-0.15, -0.1) is 12.4 Å². The topological polar surface area (TPSA) is 28.2 Å². The molecule has 120 valence electrons. The molecule has 1 aromatic carbocycles. The summed E-state index contributed by atoms with van der Waals surface area (Å²) in [5, 5.41) is 4.73. The number of fused-ring (bicyclic) bond motifs is 1. The van der Waals surface area contributed by atoms with E-state index in [2.05, 4.69) is 52.6 Å². The van der Waals surface area contributed by atoms with E-state index in [0.29, 0.717) is 6.04 Å². The minimum atomic E-state index is 0.